The number of anilines is 1. The van der Waals surface area contributed by atoms with E-state index >= 15 is 0 Å². The normalized spacial score (nSPS) is 10.7. The van der Waals surface area contributed by atoms with Gasteiger partial charge < -0.3 is 14.6 Å². The van der Waals surface area contributed by atoms with E-state index in [1.807, 2.05) is 71.4 Å². The molecule has 0 aliphatic rings. The van der Waals surface area contributed by atoms with Crippen LogP contribution in [0, 0.1) is 0 Å². The largest absolute Gasteiger partial charge is 0.490 e. The summed E-state index contributed by atoms with van der Waals surface area (Å²) in [5.74, 6) is 0.590. The number of rotatable bonds is 9. The smallest absolute Gasteiger partial charge is 0.225 e. The molecule has 4 rings (SSSR count). The Morgan fingerprint density at radius 2 is 1.55 bits per heavy atom. The van der Waals surface area contributed by atoms with Crippen LogP contribution in [0.3, 0.4) is 0 Å². The Balaban J connectivity index is 1.44. The molecule has 156 valence electrons. The van der Waals surface area contributed by atoms with Crippen LogP contribution >= 0.6 is 0 Å². The Labute approximate surface area is 182 Å². The molecule has 4 aromatic rings. The van der Waals surface area contributed by atoms with Gasteiger partial charge in [0.1, 0.15) is 12.4 Å². The highest BCUT2D eigenvalue weighted by atomic mass is 16.5. The summed E-state index contributed by atoms with van der Waals surface area (Å²) in [6.45, 7) is 1.17. The third kappa shape index (κ3) is 5.60. The van der Waals surface area contributed by atoms with Crippen LogP contribution in [-0.2, 0) is 11.3 Å². The average Bonchev–Trinajstić information content (AvgIpc) is 3.33. The zero-order valence-corrected chi connectivity index (χ0v) is 17.2. The molecule has 0 aliphatic carbocycles. The molecule has 0 unspecified atom stereocenters. The molecule has 0 saturated heterocycles. The number of hydrogen-bond acceptors (Lipinski definition) is 3. The number of amides is 1. The summed E-state index contributed by atoms with van der Waals surface area (Å²) in [6.07, 6.45) is 5.73. The van der Waals surface area contributed by atoms with Gasteiger partial charge in [-0.25, -0.2) is 4.98 Å². The van der Waals surface area contributed by atoms with E-state index in [4.69, 9.17) is 4.74 Å². The highest BCUT2D eigenvalue weighted by molar-refractivity contribution is 5.93. The maximum Gasteiger partial charge on any atom is 0.225 e. The van der Waals surface area contributed by atoms with Crippen LogP contribution in [0.25, 0.3) is 0 Å². The van der Waals surface area contributed by atoms with Gasteiger partial charge in [-0.1, -0.05) is 72.8 Å². The number of nitrogens with one attached hydrogen (secondary N) is 1. The molecule has 1 heterocycles. The molecule has 1 amide bonds. The van der Waals surface area contributed by atoms with Crippen molar-refractivity contribution in [2.75, 3.05) is 11.9 Å². The number of para-hydroxylation sites is 2. The Kier molecular flexibility index (Phi) is 6.75. The fraction of sp³-hybridized carbons (Fsp3) is 0.154. The molecule has 5 nitrogen and oxygen atoms in total. The lowest BCUT2D eigenvalue weighted by atomic mass is 9.88. The molecule has 1 aromatic heterocycles. The van der Waals surface area contributed by atoms with Crippen LogP contribution in [0.15, 0.2) is 104 Å². The summed E-state index contributed by atoms with van der Waals surface area (Å²) >= 11 is 0. The van der Waals surface area contributed by atoms with E-state index in [9.17, 15) is 4.79 Å². The molecule has 0 saturated carbocycles. The molecule has 0 bridgehead atoms. The second-order valence-corrected chi connectivity index (χ2v) is 7.27. The third-order valence-electron chi connectivity index (χ3n) is 5.12. The second kappa shape index (κ2) is 10.3. The Morgan fingerprint density at radius 1 is 0.903 bits per heavy atom. The molecular weight excluding hydrogens is 386 g/mol. The highest BCUT2D eigenvalue weighted by Crippen LogP contribution is 2.30. The standard InChI is InChI=1S/C26H25N3O2/c30-26(19-23(21-9-3-1-4-10-21)22-11-5-2-6-12-22)28-24-13-7-8-14-25(24)31-18-17-29-16-15-27-20-29/h1-16,20,23H,17-19H2,(H,28,30). The van der Waals surface area contributed by atoms with Crippen molar-refractivity contribution in [1.29, 1.82) is 0 Å². The first kappa shape index (κ1) is 20.4. The van der Waals surface area contributed by atoms with Gasteiger partial charge in [-0.05, 0) is 23.3 Å². The lowest BCUT2D eigenvalue weighted by Crippen LogP contribution is -2.17. The molecule has 0 aliphatic heterocycles. The van der Waals surface area contributed by atoms with Crippen LogP contribution in [0.2, 0.25) is 0 Å². The second-order valence-electron chi connectivity index (χ2n) is 7.27. The molecule has 3 aromatic carbocycles. The van der Waals surface area contributed by atoms with Crippen molar-refractivity contribution >= 4 is 11.6 Å². The van der Waals surface area contributed by atoms with E-state index in [1.165, 1.54) is 0 Å². The van der Waals surface area contributed by atoms with E-state index < -0.39 is 0 Å². The molecular formula is C26H25N3O2. The van der Waals surface area contributed by atoms with Crippen LogP contribution < -0.4 is 10.1 Å². The minimum atomic E-state index is -0.0524. The lowest BCUT2D eigenvalue weighted by molar-refractivity contribution is -0.116. The average molecular weight is 412 g/mol. The number of hydrogen-bond donors (Lipinski definition) is 1. The van der Waals surface area contributed by atoms with E-state index in [2.05, 4.69) is 34.6 Å². The zero-order chi connectivity index (χ0) is 21.3. The van der Waals surface area contributed by atoms with Gasteiger partial charge in [-0.3, -0.25) is 4.79 Å². The van der Waals surface area contributed by atoms with Crippen LogP contribution in [0.5, 0.6) is 5.75 Å². The van der Waals surface area contributed by atoms with E-state index in [0.717, 1.165) is 11.1 Å². The summed E-state index contributed by atoms with van der Waals surface area (Å²) in [5.41, 5.74) is 2.92. The molecule has 0 radical (unpaired) electrons. The molecule has 0 atom stereocenters. The summed E-state index contributed by atoms with van der Waals surface area (Å²) < 4.78 is 7.87. The molecule has 0 fully saturated rings. The first-order valence-electron chi connectivity index (χ1n) is 10.4. The van der Waals surface area contributed by atoms with E-state index in [-0.39, 0.29) is 11.8 Å². The number of nitrogens with zero attached hydrogens (tertiary/aromatic N) is 2. The Morgan fingerprint density at radius 3 is 2.19 bits per heavy atom. The van der Waals surface area contributed by atoms with E-state index in [1.54, 1.807) is 12.5 Å². The fourth-order valence-electron chi connectivity index (χ4n) is 3.56. The summed E-state index contributed by atoms with van der Waals surface area (Å²) in [5, 5.41) is 3.04. The van der Waals surface area contributed by atoms with Gasteiger partial charge in [0, 0.05) is 24.7 Å². The first-order valence-corrected chi connectivity index (χ1v) is 10.4. The number of aromatic nitrogens is 2. The third-order valence-corrected chi connectivity index (χ3v) is 5.12. The predicted molar refractivity (Wildman–Crippen MR) is 122 cm³/mol. The summed E-state index contributed by atoms with van der Waals surface area (Å²) in [4.78, 5) is 17.0. The first-order chi connectivity index (χ1) is 15.3. The van der Waals surface area contributed by atoms with Crippen molar-refractivity contribution < 1.29 is 9.53 Å². The van der Waals surface area contributed by atoms with Crippen molar-refractivity contribution in [2.45, 2.75) is 18.9 Å². The Hall–Kier alpha value is -3.86. The molecule has 1 N–H and O–H groups in total. The van der Waals surface area contributed by atoms with Crippen molar-refractivity contribution in [3.05, 3.63) is 115 Å². The fourth-order valence-corrected chi connectivity index (χ4v) is 3.56. The van der Waals surface area contributed by atoms with Gasteiger partial charge in [-0.15, -0.1) is 0 Å². The van der Waals surface area contributed by atoms with Gasteiger partial charge in [-0.2, -0.15) is 0 Å². The van der Waals surface area contributed by atoms with E-state index in [0.29, 0.717) is 31.0 Å². The van der Waals surface area contributed by atoms with Gasteiger partial charge in [0.15, 0.2) is 0 Å². The number of imidazole rings is 1. The zero-order valence-electron chi connectivity index (χ0n) is 17.2. The summed E-state index contributed by atoms with van der Waals surface area (Å²) in [6, 6.07) is 27.8. The lowest BCUT2D eigenvalue weighted by Gasteiger charge is -2.19. The van der Waals surface area contributed by atoms with Crippen molar-refractivity contribution in [3.63, 3.8) is 0 Å². The maximum atomic E-state index is 13.0. The van der Waals surface area contributed by atoms with Crippen molar-refractivity contribution in [3.8, 4) is 5.75 Å². The molecule has 31 heavy (non-hydrogen) atoms. The van der Waals surface area contributed by atoms with Gasteiger partial charge in [0.25, 0.3) is 0 Å². The van der Waals surface area contributed by atoms with Gasteiger partial charge in [0.2, 0.25) is 5.91 Å². The maximum absolute atomic E-state index is 13.0. The van der Waals surface area contributed by atoms with Crippen LogP contribution in [0.4, 0.5) is 5.69 Å². The number of benzene rings is 3. The molecule has 5 heteroatoms. The monoisotopic (exact) mass is 411 g/mol. The number of carbonyl (C=O) groups excluding carboxylic acids is 1. The molecule has 0 spiro atoms. The van der Waals surface area contributed by atoms with Crippen molar-refractivity contribution in [1.82, 2.24) is 9.55 Å². The summed E-state index contributed by atoms with van der Waals surface area (Å²) in [7, 11) is 0. The SMILES string of the molecule is O=C(CC(c1ccccc1)c1ccccc1)Nc1ccccc1OCCn1ccnc1. The van der Waals surface area contributed by atoms with Gasteiger partial charge >= 0.3 is 0 Å². The minimum Gasteiger partial charge on any atom is -0.490 e. The predicted octanol–water partition coefficient (Wildman–Crippen LogP) is 5.12. The quantitative estimate of drug-likeness (QED) is 0.416. The Bertz CT molecular complexity index is 1040. The number of ether oxygens (including phenoxy) is 1. The topological polar surface area (TPSA) is 56.1 Å². The van der Waals surface area contributed by atoms with Crippen LogP contribution in [0.1, 0.15) is 23.5 Å². The van der Waals surface area contributed by atoms with Gasteiger partial charge in [0.05, 0.1) is 18.6 Å². The van der Waals surface area contributed by atoms with Crippen LogP contribution in [-0.4, -0.2) is 22.1 Å². The number of carbonyl (C=O) groups is 1. The minimum absolute atomic E-state index is 0.0169. The van der Waals surface area contributed by atoms with Crippen molar-refractivity contribution in [2.24, 2.45) is 0 Å². The highest BCUT2D eigenvalue weighted by Gasteiger charge is 2.19.